The average Bonchev–Trinajstić information content (AvgIpc) is 3.58. The zero-order chi connectivity index (χ0) is 39.3. The molecule has 55 heavy (non-hydrogen) atoms. The molecule has 7 rings (SSSR count). The summed E-state index contributed by atoms with van der Waals surface area (Å²) >= 11 is 0. The number of sulfonamides is 1. The van der Waals surface area contributed by atoms with Crippen LogP contribution in [0.4, 0.5) is 17.3 Å². The summed E-state index contributed by atoms with van der Waals surface area (Å²) in [7, 11) is 0.436. The molecule has 14 nitrogen and oxygen atoms in total. The molecule has 2 aliphatic rings. The molecule has 2 aliphatic heterocycles. The highest BCUT2D eigenvalue weighted by Crippen LogP contribution is 2.26. The van der Waals surface area contributed by atoms with Gasteiger partial charge in [-0.3, -0.25) is 9.59 Å². The maximum absolute atomic E-state index is 13.0. The Hall–Kier alpha value is -5.35. The Kier molecular flexibility index (Phi) is 11.9. The van der Waals surface area contributed by atoms with E-state index in [0.29, 0.717) is 47.1 Å². The Morgan fingerprint density at radius 1 is 0.727 bits per heavy atom. The van der Waals surface area contributed by atoms with E-state index in [2.05, 4.69) is 44.0 Å². The van der Waals surface area contributed by atoms with Gasteiger partial charge in [-0.2, -0.15) is 0 Å². The number of piperazine rings is 2. The third kappa shape index (κ3) is 10.0. The van der Waals surface area contributed by atoms with Crippen LogP contribution in [0.3, 0.4) is 0 Å². The number of rotatable bonds is 7. The van der Waals surface area contributed by atoms with E-state index >= 15 is 0 Å². The van der Waals surface area contributed by atoms with Gasteiger partial charge in [0.15, 0.2) is 0 Å². The molecule has 0 unspecified atom stereocenters. The molecule has 290 valence electrons. The van der Waals surface area contributed by atoms with Crippen molar-refractivity contribution in [1.29, 1.82) is 0 Å². The minimum atomic E-state index is -3.69. The SMILES string of the molecule is CN1CCN(C(=O)c2cccc(N)c2)CC1.CN1CCN(C(=O)c2cccc(Nc3ncc4ccc(-c5cccc(S(=O)(=O)NC(C)(C)C)c5)n4n3)c2)CC1. The van der Waals surface area contributed by atoms with E-state index < -0.39 is 15.6 Å². The number of hydrogen-bond donors (Lipinski definition) is 3. The topological polar surface area (TPSA) is 162 Å². The first-order valence-electron chi connectivity index (χ1n) is 18.3. The number of nitrogens with two attached hydrogens (primary N) is 1. The predicted octanol–water partition coefficient (Wildman–Crippen LogP) is 4.26. The maximum Gasteiger partial charge on any atom is 0.254 e. The van der Waals surface area contributed by atoms with Gasteiger partial charge in [-0.25, -0.2) is 22.6 Å². The van der Waals surface area contributed by atoms with Crippen LogP contribution in [-0.4, -0.2) is 126 Å². The van der Waals surface area contributed by atoms with Crippen molar-refractivity contribution in [2.24, 2.45) is 0 Å². The fraction of sp³-hybridized carbons (Fsp3) is 0.350. The van der Waals surface area contributed by atoms with E-state index in [9.17, 15) is 18.0 Å². The van der Waals surface area contributed by atoms with Crippen LogP contribution >= 0.6 is 0 Å². The molecule has 2 amide bonds. The van der Waals surface area contributed by atoms with Crippen molar-refractivity contribution in [1.82, 2.24) is 38.9 Å². The molecule has 2 fully saturated rings. The first kappa shape index (κ1) is 39.3. The second-order valence-corrected chi connectivity index (χ2v) is 16.7. The zero-order valence-corrected chi connectivity index (χ0v) is 32.9. The number of hydrogen-bond acceptors (Lipinski definition) is 10. The smallest absolute Gasteiger partial charge is 0.254 e. The fourth-order valence-electron chi connectivity index (χ4n) is 6.38. The molecular formula is C40H50N10O4S. The van der Waals surface area contributed by atoms with Gasteiger partial charge in [-0.15, -0.1) is 5.10 Å². The van der Waals surface area contributed by atoms with Gasteiger partial charge in [0.1, 0.15) is 0 Å². The van der Waals surface area contributed by atoms with Crippen molar-refractivity contribution in [3.63, 3.8) is 0 Å². The summed E-state index contributed by atoms with van der Waals surface area (Å²) in [6.45, 7) is 12.0. The van der Waals surface area contributed by atoms with Crippen LogP contribution in [0, 0.1) is 0 Å². The maximum atomic E-state index is 13.0. The largest absolute Gasteiger partial charge is 0.399 e. The van der Waals surface area contributed by atoms with Crippen LogP contribution in [0.1, 0.15) is 41.5 Å². The number of fused-ring (bicyclic) bond motifs is 1. The van der Waals surface area contributed by atoms with Gasteiger partial charge in [-0.05, 0) is 95.5 Å². The lowest BCUT2D eigenvalue weighted by molar-refractivity contribution is 0.0657. The Morgan fingerprint density at radius 2 is 1.31 bits per heavy atom. The molecule has 0 aliphatic carbocycles. The van der Waals surface area contributed by atoms with E-state index in [1.165, 1.54) is 0 Å². The zero-order valence-electron chi connectivity index (χ0n) is 32.1. The Labute approximate surface area is 323 Å². The number of carbonyl (C=O) groups excluding carboxylic acids is 2. The van der Waals surface area contributed by atoms with Crippen LogP contribution in [0.25, 0.3) is 16.8 Å². The number of nitrogen functional groups attached to an aromatic ring is 1. The van der Waals surface area contributed by atoms with Gasteiger partial charge < -0.3 is 30.7 Å². The number of likely N-dealkylation sites (N-methyl/N-ethyl adjacent to an activating group) is 2. The summed E-state index contributed by atoms with van der Waals surface area (Å²) < 4.78 is 30.2. The highest BCUT2D eigenvalue weighted by molar-refractivity contribution is 7.89. The van der Waals surface area contributed by atoms with E-state index in [4.69, 9.17) is 5.73 Å². The minimum Gasteiger partial charge on any atom is -0.399 e. The van der Waals surface area contributed by atoms with Crippen molar-refractivity contribution in [3.8, 4) is 11.3 Å². The van der Waals surface area contributed by atoms with Gasteiger partial charge in [0.2, 0.25) is 16.0 Å². The van der Waals surface area contributed by atoms with Gasteiger partial charge in [0.05, 0.1) is 22.3 Å². The lowest BCUT2D eigenvalue weighted by atomic mass is 10.1. The number of aromatic nitrogens is 3. The second-order valence-electron chi connectivity index (χ2n) is 15.0. The lowest BCUT2D eigenvalue weighted by Gasteiger charge is -2.32. The van der Waals surface area contributed by atoms with Gasteiger partial charge in [-0.1, -0.05) is 24.3 Å². The fourth-order valence-corrected chi connectivity index (χ4v) is 7.84. The Morgan fingerprint density at radius 3 is 1.91 bits per heavy atom. The predicted molar refractivity (Wildman–Crippen MR) is 216 cm³/mol. The van der Waals surface area contributed by atoms with Crippen LogP contribution in [-0.2, 0) is 10.0 Å². The summed E-state index contributed by atoms with van der Waals surface area (Å²) in [6.07, 6.45) is 1.69. The quantitative estimate of drug-likeness (QED) is 0.204. The number of amides is 2. The van der Waals surface area contributed by atoms with Crippen LogP contribution in [0.5, 0.6) is 0 Å². The summed E-state index contributed by atoms with van der Waals surface area (Å²) in [5.41, 5.74) is 9.89. The standard InChI is InChI=1S/C28H33N7O3S.C12H17N3O/c1-28(2,3)32-39(37,38)24-10-6-7-20(18-24)25-12-11-23-19-29-27(31-35(23)25)30-22-9-5-8-21(17-22)26(36)34-15-13-33(4)14-16-34;1-14-5-7-15(8-6-14)12(16)10-3-2-4-11(13)9-10/h5-12,17-19,32H,13-16H2,1-4H3,(H,30,31);2-4,9H,5-8,13H2,1H3. The first-order chi connectivity index (χ1) is 26.1. The number of benzene rings is 3. The molecule has 4 heterocycles. The van der Waals surface area contributed by atoms with Gasteiger partial charge in [0.25, 0.3) is 11.8 Å². The van der Waals surface area contributed by atoms with Crippen molar-refractivity contribution in [2.75, 3.05) is 77.5 Å². The highest BCUT2D eigenvalue weighted by Gasteiger charge is 2.24. The molecule has 4 N–H and O–H groups in total. The molecule has 2 aromatic heterocycles. The monoisotopic (exact) mass is 766 g/mol. The van der Waals surface area contributed by atoms with Gasteiger partial charge in [0, 0.05) is 86.0 Å². The molecule has 0 spiro atoms. The lowest BCUT2D eigenvalue weighted by Crippen LogP contribution is -2.47. The first-order valence-corrected chi connectivity index (χ1v) is 19.8. The molecule has 0 bridgehead atoms. The van der Waals surface area contributed by atoms with E-state index in [1.54, 1.807) is 67.9 Å². The number of nitrogens with one attached hydrogen (secondary N) is 2. The molecule has 0 saturated carbocycles. The molecule has 0 atom stereocenters. The normalized spacial score (nSPS) is 15.7. The van der Waals surface area contributed by atoms with E-state index in [1.807, 2.05) is 58.3 Å². The Balaban J connectivity index is 0.000000268. The third-order valence-electron chi connectivity index (χ3n) is 9.36. The number of carbonyl (C=O) groups is 2. The molecule has 3 aromatic carbocycles. The average molecular weight is 767 g/mol. The van der Waals surface area contributed by atoms with Crippen molar-refractivity contribution < 1.29 is 18.0 Å². The van der Waals surface area contributed by atoms with Crippen LogP contribution in [0.15, 0.2) is 96.0 Å². The molecule has 5 aromatic rings. The molecule has 0 radical (unpaired) electrons. The van der Waals surface area contributed by atoms with Crippen LogP contribution < -0.4 is 15.8 Å². The van der Waals surface area contributed by atoms with Crippen LogP contribution in [0.2, 0.25) is 0 Å². The summed E-state index contributed by atoms with van der Waals surface area (Å²) in [5, 5.41) is 7.86. The molecular weight excluding hydrogens is 717 g/mol. The second kappa shape index (κ2) is 16.6. The summed E-state index contributed by atoms with van der Waals surface area (Å²) in [6, 6.07) is 25.0. The highest BCUT2D eigenvalue weighted by atomic mass is 32.2. The minimum absolute atomic E-state index is 0.00611. The summed E-state index contributed by atoms with van der Waals surface area (Å²) in [4.78, 5) is 37.9. The van der Waals surface area contributed by atoms with Crippen molar-refractivity contribution in [2.45, 2.75) is 31.2 Å². The van der Waals surface area contributed by atoms with Gasteiger partial charge >= 0.3 is 0 Å². The van der Waals surface area contributed by atoms with E-state index in [0.717, 1.165) is 50.5 Å². The summed E-state index contributed by atoms with van der Waals surface area (Å²) in [5.74, 6) is 0.439. The van der Waals surface area contributed by atoms with Crippen molar-refractivity contribution in [3.05, 3.63) is 102 Å². The molecule has 15 heteroatoms. The number of nitrogens with zero attached hydrogens (tertiary/aromatic N) is 7. The number of anilines is 3. The third-order valence-corrected chi connectivity index (χ3v) is 11.1. The van der Waals surface area contributed by atoms with E-state index in [-0.39, 0.29) is 16.7 Å². The molecule has 2 saturated heterocycles. The van der Waals surface area contributed by atoms with Crippen molar-refractivity contribution >= 4 is 44.7 Å². The Bertz CT molecular complexity index is 2250.